The number of hydrogen-bond donors (Lipinski definition) is 1. The van der Waals surface area contributed by atoms with Crippen molar-refractivity contribution in [2.24, 2.45) is 0 Å². The lowest BCUT2D eigenvalue weighted by Gasteiger charge is -2.18. The summed E-state index contributed by atoms with van der Waals surface area (Å²) in [5, 5.41) is 8.82. The Balaban J connectivity index is 3.96. The zero-order chi connectivity index (χ0) is 33.6. The number of rotatable bonds is 38. The third-order valence-electron chi connectivity index (χ3n) is 9.49. The van der Waals surface area contributed by atoms with Gasteiger partial charge in [-0.25, -0.2) is 0 Å². The van der Waals surface area contributed by atoms with E-state index in [0.29, 0.717) is 6.42 Å². The lowest BCUT2D eigenvalue weighted by Crippen LogP contribution is -2.18. The van der Waals surface area contributed by atoms with E-state index in [1.807, 2.05) is 0 Å². The predicted octanol–water partition coefficient (Wildman–Crippen LogP) is 14.2. The summed E-state index contributed by atoms with van der Waals surface area (Å²) >= 11 is 0. The molecule has 4 nitrogen and oxygen atoms in total. The lowest BCUT2D eigenvalue weighted by molar-refractivity contribution is -0.150. The third-order valence-corrected chi connectivity index (χ3v) is 9.49. The number of unbranched alkanes of at least 4 members (excludes halogenated alkanes) is 27. The predicted molar refractivity (Wildman–Crippen MR) is 200 cm³/mol. The van der Waals surface area contributed by atoms with Crippen LogP contribution in [0.3, 0.4) is 0 Å². The Kier molecular flexibility index (Phi) is 37.0. The molecule has 1 atom stereocenters. The first-order chi connectivity index (χ1) is 22.6. The third kappa shape index (κ3) is 37.1. The van der Waals surface area contributed by atoms with Crippen molar-refractivity contribution >= 4 is 11.9 Å². The number of esters is 1. The molecule has 0 heterocycles. The number of carbonyl (C=O) groups is 2. The Morgan fingerprint density at radius 2 is 0.783 bits per heavy atom. The summed E-state index contributed by atoms with van der Waals surface area (Å²) in [4.78, 5) is 23.4. The van der Waals surface area contributed by atoms with Crippen LogP contribution in [0.1, 0.15) is 239 Å². The van der Waals surface area contributed by atoms with Crippen LogP contribution in [-0.2, 0) is 14.3 Å². The second-order valence-electron chi connectivity index (χ2n) is 14.2. The summed E-state index contributed by atoms with van der Waals surface area (Å²) in [6, 6.07) is 0. The van der Waals surface area contributed by atoms with Gasteiger partial charge in [-0.15, -0.1) is 0 Å². The summed E-state index contributed by atoms with van der Waals surface area (Å²) in [7, 11) is 0. The van der Waals surface area contributed by atoms with Gasteiger partial charge in [-0.05, 0) is 64.2 Å². The number of hydrogen-bond acceptors (Lipinski definition) is 3. The van der Waals surface area contributed by atoms with E-state index >= 15 is 0 Å². The molecule has 0 saturated carbocycles. The van der Waals surface area contributed by atoms with Crippen molar-refractivity contribution in [1.82, 2.24) is 0 Å². The average molecular weight is 649 g/mol. The molecule has 0 aromatic carbocycles. The van der Waals surface area contributed by atoms with Gasteiger partial charge in [-0.2, -0.15) is 0 Å². The van der Waals surface area contributed by atoms with Gasteiger partial charge in [-0.3, -0.25) is 9.59 Å². The number of aliphatic carboxylic acids is 1. The van der Waals surface area contributed by atoms with Crippen LogP contribution in [0.4, 0.5) is 0 Å². The Bertz CT molecular complexity index is 658. The van der Waals surface area contributed by atoms with Gasteiger partial charge in [-0.1, -0.05) is 174 Å². The molecule has 0 aliphatic carbocycles. The van der Waals surface area contributed by atoms with Crippen molar-refractivity contribution < 1.29 is 19.4 Å². The second-order valence-corrected chi connectivity index (χ2v) is 14.2. The van der Waals surface area contributed by atoms with Crippen molar-refractivity contribution in [2.45, 2.75) is 245 Å². The summed E-state index contributed by atoms with van der Waals surface area (Å²) in [5.74, 6) is -0.696. The Labute approximate surface area is 287 Å². The van der Waals surface area contributed by atoms with Crippen LogP contribution in [0, 0.1) is 0 Å². The number of carboxylic acids is 1. The van der Waals surface area contributed by atoms with Crippen LogP contribution in [0.15, 0.2) is 12.2 Å². The van der Waals surface area contributed by atoms with Gasteiger partial charge in [0, 0.05) is 12.8 Å². The highest BCUT2D eigenvalue weighted by Crippen LogP contribution is 2.19. The monoisotopic (exact) mass is 649 g/mol. The first-order valence-electron chi connectivity index (χ1n) is 20.7. The van der Waals surface area contributed by atoms with E-state index in [4.69, 9.17) is 9.84 Å². The largest absolute Gasteiger partial charge is 0.481 e. The van der Waals surface area contributed by atoms with E-state index in [1.165, 1.54) is 148 Å². The molecule has 272 valence electrons. The zero-order valence-corrected chi connectivity index (χ0v) is 31.2. The van der Waals surface area contributed by atoms with Crippen molar-refractivity contribution in [3.8, 4) is 0 Å². The lowest BCUT2D eigenvalue weighted by atomic mass is 10.0. The van der Waals surface area contributed by atoms with Gasteiger partial charge >= 0.3 is 11.9 Å². The minimum Gasteiger partial charge on any atom is -0.481 e. The topological polar surface area (TPSA) is 63.6 Å². The maximum absolute atomic E-state index is 12.7. The van der Waals surface area contributed by atoms with E-state index in [1.54, 1.807) is 0 Å². The quantitative estimate of drug-likeness (QED) is 0.0411. The molecule has 0 aromatic heterocycles. The highest BCUT2D eigenvalue weighted by Gasteiger charge is 2.14. The molecular formula is C42H80O4. The van der Waals surface area contributed by atoms with Crippen LogP contribution in [0.2, 0.25) is 0 Å². The summed E-state index contributed by atoms with van der Waals surface area (Å²) in [5.41, 5.74) is 0. The minimum atomic E-state index is -0.698. The Morgan fingerprint density at radius 1 is 0.457 bits per heavy atom. The van der Waals surface area contributed by atoms with Crippen molar-refractivity contribution in [1.29, 1.82) is 0 Å². The first kappa shape index (κ1) is 44.7. The van der Waals surface area contributed by atoms with E-state index in [9.17, 15) is 9.59 Å². The van der Waals surface area contributed by atoms with Gasteiger partial charge in [0.2, 0.25) is 0 Å². The van der Waals surface area contributed by atoms with Gasteiger partial charge in [0.25, 0.3) is 0 Å². The fraction of sp³-hybridized carbons (Fsp3) is 0.905. The molecule has 0 radical (unpaired) electrons. The molecule has 0 aliphatic heterocycles. The second kappa shape index (κ2) is 38.1. The minimum absolute atomic E-state index is 0.00211. The maximum atomic E-state index is 12.7. The van der Waals surface area contributed by atoms with Crippen LogP contribution >= 0.6 is 0 Å². The zero-order valence-electron chi connectivity index (χ0n) is 31.2. The fourth-order valence-electron chi connectivity index (χ4n) is 6.42. The summed E-state index contributed by atoms with van der Waals surface area (Å²) < 4.78 is 6.01. The van der Waals surface area contributed by atoms with Crippen molar-refractivity contribution in [3.05, 3.63) is 12.2 Å². The molecular weight excluding hydrogens is 568 g/mol. The number of allylic oxidation sites excluding steroid dienone is 2. The van der Waals surface area contributed by atoms with Crippen LogP contribution in [-0.4, -0.2) is 23.1 Å². The average Bonchev–Trinajstić information content (AvgIpc) is 3.04. The summed E-state index contributed by atoms with van der Waals surface area (Å²) in [6.07, 6.45) is 46.6. The molecule has 1 N–H and O–H groups in total. The molecule has 0 aromatic rings. The van der Waals surface area contributed by atoms with E-state index < -0.39 is 5.97 Å². The molecule has 4 heteroatoms. The standard InChI is InChI=1S/C42H80O4/c1-3-5-7-9-11-13-15-16-17-18-19-20-22-24-26-31-35-39-42(45)46-40(37-33-29-27-30-34-38-41(43)44)36-32-28-25-23-21-14-12-10-8-6-4-2/h16-17,40H,3-15,18-39H2,1-2H3,(H,43,44)/b17-16-. The first-order valence-corrected chi connectivity index (χ1v) is 20.7. The number of ether oxygens (including phenoxy) is 1. The van der Waals surface area contributed by atoms with Crippen LogP contribution in [0.5, 0.6) is 0 Å². The van der Waals surface area contributed by atoms with Gasteiger partial charge in [0.15, 0.2) is 0 Å². The molecule has 0 bridgehead atoms. The smallest absolute Gasteiger partial charge is 0.306 e. The summed E-state index contributed by atoms with van der Waals surface area (Å²) in [6.45, 7) is 4.55. The molecule has 1 unspecified atom stereocenters. The number of carboxylic acid groups (broad SMARTS) is 1. The molecule has 46 heavy (non-hydrogen) atoms. The molecule has 0 amide bonds. The molecule has 0 saturated heterocycles. The Hall–Kier alpha value is -1.32. The van der Waals surface area contributed by atoms with Crippen LogP contribution < -0.4 is 0 Å². The Morgan fingerprint density at radius 3 is 1.17 bits per heavy atom. The van der Waals surface area contributed by atoms with E-state index in [0.717, 1.165) is 64.2 Å². The fourth-order valence-corrected chi connectivity index (χ4v) is 6.42. The van der Waals surface area contributed by atoms with Gasteiger partial charge < -0.3 is 9.84 Å². The van der Waals surface area contributed by atoms with Gasteiger partial charge in [0.05, 0.1) is 0 Å². The molecule has 0 spiro atoms. The van der Waals surface area contributed by atoms with E-state index in [-0.39, 0.29) is 18.5 Å². The molecule has 0 rings (SSSR count). The molecule has 0 fully saturated rings. The highest BCUT2D eigenvalue weighted by molar-refractivity contribution is 5.69. The van der Waals surface area contributed by atoms with Crippen LogP contribution in [0.25, 0.3) is 0 Å². The number of carbonyl (C=O) groups excluding carboxylic acids is 1. The highest BCUT2D eigenvalue weighted by atomic mass is 16.5. The SMILES string of the molecule is CCCCCCCC/C=C\CCCCCCCCCC(=O)OC(CCCCCCCCCCCCC)CCCCCCCC(=O)O. The van der Waals surface area contributed by atoms with Crippen molar-refractivity contribution in [3.63, 3.8) is 0 Å². The van der Waals surface area contributed by atoms with E-state index in [2.05, 4.69) is 26.0 Å². The van der Waals surface area contributed by atoms with Gasteiger partial charge in [0.1, 0.15) is 6.10 Å². The normalized spacial score (nSPS) is 12.2. The molecule has 0 aliphatic rings. The maximum Gasteiger partial charge on any atom is 0.306 e. The van der Waals surface area contributed by atoms with Crippen molar-refractivity contribution in [2.75, 3.05) is 0 Å².